The number of ketones is 1. The third-order valence-corrected chi connectivity index (χ3v) is 2.40. The van der Waals surface area contributed by atoms with Crippen molar-refractivity contribution in [1.29, 1.82) is 0 Å². The molecule has 0 atom stereocenters. The highest BCUT2D eigenvalue weighted by atomic mass is 16.1. The van der Waals surface area contributed by atoms with Crippen LogP contribution in [0.15, 0.2) is 12.5 Å². The fourth-order valence-corrected chi connectivity index (χ4v) is 1.34. The molecule has 0 saturated carbocycles. The Hall–Kier alpha value is -1.16. The highest BCUT2D eigenvalue weighted by Crippen LogP contribution is 2.10. The third kappa shape index (κ3) is 1.49. The summed E-state index contributed by atoms with van der Waals surface area (Å²) in [5.74, 6) is 0.325. The Labute approximate surface area is 77.0 Å². The van der Waals surface area contributed by atoms with Crippen molar-refractivity contribution in [2.75, 3.05) is 13.1 Å². The zero-order valence-corrected chi connectivity index (χ0v) is 7.66. The van der Waals surface area contributed by atoms with Gasteiger partial charge in [0.05, 0.1) is 6.33 Å². The summed E-state index contributed by atoms with van der Waals surface area (Å²) >= 11 is 0. The molecule has 0 bridgehead atoms. The normalized spacial score (nSPS) is 17.0. The zero-order chi connectivity index (χ0) is 9.26. The quantitative estimate of drug-likeness (QED) is 0.679. The number of hydrogen-bond donors (Lipinski definition) is 1. The first-order chi connectivity index (χ1) is 6.31. The Bertz CT molecular complexity index is 314. The summed E-state index contributed by atoms with van der Waals surface area (Å²) in [6.07, 6.45) is 3.53. The number of aryl methyl sites for hydroxylation is 1. The minimum absolute atomic E-state index is 0.153. The van der Waals surface area contributed by atoms with E-state index < -0.39 is 0 Å². The zero-order valence-electron chi connectivity index (χ0n) is 7.66. The molecule has 1 aliphatic rings. The number of hydrogen-bond acceptors (Lipinski definition) is 3. The molecule has 1 fully saturated rings. The summed E-state index contributed by atoms with van der Waals surface area (Å²) in [6.45, 7) is 4.50. The van der Waals surface area contributed by atoms with Gasteiger partial charge in [-0.3, -0.25) is 4.79 Å². The number of nitrogens with zero attached hydrogens (tertiary/aromatic N) is 2. The molecule has 0 aromatic carbocycles. The molecule has 13 heavy (non-hydrogen) atoms. The average molecular weight is 179 g/mol. The minimum atomic E-state index is 0.153. The molecular weight excluding hydrogens is 166 g/mol. The van der Waals surface area contributed by atoms with Crippen LogP contribution in [0.4, 0.5) is 0 Å². The van der Waals surface area contributed by atoms with Gasteiger partial charge in [-0.25, -0.2) is 4.98 Å². The standard InChI is InChI=1S/C9H13N3O/c1-2-12-5-8(11-6-12)9(13)7-3-10-4-7/h5-7,10H,2-4H2,1H3. The predicted octanol–water partition coefficient (Wildman–Crippen LogP) is 0.305. The maximum atomic E-state index is 11.6. The summed E-state index contributed by atoms with van der Waals surface area (Å²) < 4.78 is 1.92. The molecular formula is C9H13N3O. The van der Waals surface area contributed by atoms with Crippen molar-refractivity contribution in [3.8, 4) is 0 Å². The fourth-order valence-electron chi connectivity index (χ4n) is 1.34. The number of nitrogens with one attached hydrogen (secondary N) is 1. The van der Waals surface area contributed by atoms with Crippen molar-refractivity contribution >= 4 is 5.78 Å². The van der Waals surface area contributed by atoms with Gasteiger partial charge in [-0.05, 0) is 6.92 Å². The Morgan fingerprint density at radius 3 is 3.00 bits per heavy atom. The minimum Gasteiger partial charge on any atom is -0.337 e. The largest absolute Gasteiger partial charge is 0.337 e. The van der Waals surface area contributed by atoms with E-state index in [9.17, 15) is 4.79 Å². The highest BCUT2D eigenvalue weighted by Gasteiger charge is 2.27. The first kappa shape index (κ1) is 8.44. The average Bonchev–Trinajstić information content (AvgIpc) is 2.48. The van der Waals surface area contributed by atoms with Gasteiger partial charge in [0.15, 0.2) is 5.78 Å². The lowest BCUT2D eigenvalue weighted by Gasteiger charge is -2.24. The van der Waals surface area contributed by atoms with Crippen molar-refractivity contribution in [3.63, 3.8) is 0 Å². The highest BCUT2D eigenvalue weighted by molar-refractivity contribution is 5.96. The molecule has 0 unspecified atom stereocenters. The number of carbonyl (C=O) groups excluding carboxylic acids is 1. The summed E-state index contributed by atoms with van der Waals surface area (Å²) in [7, 11) is 0. The van der Waals surface area contributed by atoms with E-state index in [0.29, 0.717) is 5.69 Å². The molecule has 0 amide bonds. The Morgan fingerprint density at radius 2 is 2.54 bits per heavy atom. The van der Waals surface area contributed by atoms with Gasteiger partial charge >= 0.3 is 0 Å². The van der Waals surface area contributed by atoms with E-state index >= 15 is 0 Å². The molecule has 0 spiro atoms. The molecule has 0 radical (unpaired) electrons. The first-order valence-electron chi connectivity index (χ1n) is 4.58. The van der Waals surface area contributed by atoms with Crippen LogP contribution in [0, 0.1) is 5.92 Å². The van der Waals surface area contributed by atoms with Crippen molar-refractivity contribution in [2.45, 2.75) is 13.5 Å². The fraction of sp³-hybridized carbons (Fsp3) is 0.556. The molecule has 1 aliphatic heterocycles. The van der Waals surface area contributed by atoms with Crippen molar-refractivity contribution in [1.82, 2.24) is 14.9 Å². The van der Waals surface area contributed by atoms with E-state index in [1.807, 2.05) is 17.7 Å². The number of Topliss-reactive ketones (excluding diaryl/α,β-unsaturated/α-hetero) is 1. The molecule has 2 heterocycles. The monoisotopic (exact) mass is 179 g/mol. The Kier molecular flexibility index (Phi) is 2.14. The smallest absolute Gasteiger partial charge is 0.188 e. The summed E-state index contributed by atoms with van der Waals surface area (Å²) in [5.41, 5.74) is 0.605. The van der Waals surface area contributed by atoms with Crippen LogP contribution < -0.4 is 5.32 Å². The van der Waals surface area contributed by atoms with Crippen LogP contribution >= 0.6 is 0 Å². The van der Waals surface area contributed by atoms with Gasteiger partial charge in [-0.15, -0.1) is 0 Å². The van der Waals surface area contributed by atoms with Gasteiger partial charge in [-0.1, -0.05) is 0 Å². The Balaban J connectivity index is 2.10. The van der Waals surface area contributed by atoms with E-state index in [0.717, 1.165) is 19.6 Å². The molecule has 1 aromatic rings. The summed E-state index contributed by atoms with van der Waals surface area (Å²) in [4.78, 5) is 15.7. The van der Waals surface area contributed by atoms with Gasteiger partial charge in [0, 0.05) is 31.7 Å². The molecule has 1 saturated heterocycles. The van der Waals surface area contributed by atoms with Crippen LogP contribution in [0.5, 0.6) is 0 Å². The molecule has 1 aromatic heterocycles. The second-order valence-corrected chi connectivity index (χ2v) is 3.31. The topological polar surface area (TPSA) is 46.9 Å². The van der Waals surface area contributed by atoms with Crippen LogP contribution in [-0.4, -0.2) is 28.4 Å². The lowest BCUT2D eigenvalue weighted by molar-refractivity contribution is 0.0873. The van der Waals surface area contributed by atoms with Crippen LogP contribution in [-0.2, 0) is 6.54 Å². The van der Waals surface area contributed by atoms with Crippen LogP contribution in [0.1, 0.15) is 17.4 Å². The third-order valence-electron chi connectivity index (χ3n) is 2.40. The second kappa shape index (κ2) is 3.30. The first-order valence-corrected chi connectivity index (χ1v) is 4.58. The SMILES string of the molecule is CCn1cnc(C(=O)C2CNC2)c1. The van der Waals surface area contributed by atoms with Gasteiger partial charge in [-0.2, -0.15) is 0 Å². The van der Waals surface area contributed by atoms with Crippen LogP contribution in [0.3, 0.4) is 0 Å². The lowest BCUT2D eigenvalue weighted by atomic mass is 9.96. The van der Waals surface area contributed by atoms with E-state index in [2.05, 4.69) is 10.3 Å². The summed E-state index contributed by atoms with van der Waals surface area (Å²) in [6, 6.07) is 0. The van der Waals surface area contributed by atoms with Crippen molar-refractivity contribution in [3.05, 3.63) is 18.2 Å². The maximum absolute atomic E-state index is 11.6. The van der Waals surface area contributed by atoms with Gasteiger partial charge < -0.3 is 9.88 Å². The maximum Gasteiger partial charge on any atom is 0.188 e. The number of rotatable bonds is 3. The van der Waals surface area contributed by atoms with Crippen molar-refractivity contribution < 1.29 is 4.79 Å². The molecule has 70 valence electrons. The molecule has 4 nitrogen and oxygen atoms in total. The lowest BCUT2D eigenvalue weighted by Crippen LogP contribution is -2.46. The van der Waals surface area contributed by atoms with E-state index in [4.69, 9.17) is 0 Å². The molecule has 2 rings (SSSR count). The molecule has 1 N–H and O–H groups in total. The number of carbonyl (C=O) groups is 1. The van der Waals surface area contributed by atoms with Gasteiger partial charge in [0.25, 0.3) is 0 Å². The Morgan fingerprint density at radius 1 is 1.77 bits per heavy atom. The second-order valence-electron chi connectivity index (χ2n) is 3.31. The van der Waals surface area contributed by atoms with Crippen molar-refractivity contribution in [2.24, 2.45) is 5.92 Å². The summed E-state index contributed by atoms with van der Waals surface area (Å²) in [5, 5.41) is 3.08. The van der Waals surface area contributed by atoms with Crippen LogP contribution in [0.2, 0.25) is 0 Å². The van der Waals surface area contributed by atoms with Gasteiger partial charge in [0.2, 0.25) is 0 Å². The van der Waals surface area contributed by atoms with E-state index in [1.165, 1.54) is 0 Å². The predicted molar refractivity (Wildman–Crippen MR) is 48.6 cm³/mol. The number of imidazole rings is 1. The number of aromatic nitrogens is 2. The molecule has 0 aliphatic carbocycles. The van der Waals surface area contributed by atoms with Gasteiger partial charge in [0.1, 0.15) is 5.69 Å². The molecule has 4 heteroatoms. The van der Waals surface area contributed by atoms with E-state index in [1.54, 1.807) is 6.33 Å². The van der Waals surface area contributed by atoms with Crippen LogP contribution in [0.25, 0.3) is 0 Å². The van der Waals surface area contributed by atoms with E-state index in [-0.39, 0.29) is 11.7 Å².